The largest absolute Gasteiger partial charge is 0.469 e. The number of nitrogens with one attached hydrogen (secondary N) is 2. The molecule has 2 aliphatic rings. The van der Waals surface area contributed by atoms with Crippen molar-refractivity contribution < 1.29 is 47.3 Å². The van der Waals surface area contributed by atoms with Crippen LogP contribution in [-0.4, -0.2) is 66.8 Å². The van der Waals surface area contributed by atoms with Crippen molar-refractivity contribution in [2.24, 2.45) is 5.73 Å². The molecule has 152 valence electrons. The monoisotopic (exact) mass is 429 g/mol. The number of nitrogens with zero attached hydrogens (tertiary/aromatic N) is 2. The minimum atomic E-state index is -4.93. The van der Waals surface area contributed by atoms with E-state index < -0.39 is 52.9 Å². The maximum atomic E-state index is 11.9. The van der Waals surface area contributed by atoms with Crippen LogP contribution in [0.5, 0.6) is 0 Å². The number of rotatable bonds is 6. The number of anilines is 1. The SMILES string of the molecule is NC1NC(=O)c2[nH]cnc2N1[C@H]1C[C@@H](OP(=O)(O)O)[C@@H](COP(=O)(O)O)O1. The fourth-order valence-electron chi connectivity index (χ4n) is 2.85. The zero-order valence-electron chi connectivity index (χ0n) is 13.4. The molecule has 8 N–H and O–H groups in total. The molecular formula is C10H17N5O10P2. The average Bonchev–Trinajstić information content (AvgIpc) is 3.10. The number of hydrogen-bond donors (Lipinski definition) is 7. The van der Waals surface area contributed by atoms with Gasteiger partial charge in [0.15, 0.2) is 12.1 Å². The van der Waals surface area contributed by atoms with Gasteiger partial charge in [0.2, 0.25) is 0 Å². The third kappa shape index (κ3) is 4.73. The number of phosphoric ester groups is 2. The summed E-state index contributed by atoms with van der Waals surface area (Å²) >= 11 is 0. The zero-order valence-corrected chi connectivity index (χ0v) is 15.2. The molecule has 1 unspecified atom stereocenters. The molecule has 0 saturated carbocycles. The van der Waals surface area contributed by atoms with E-state index in [1.807, 2.05) is 0 Å². The Morgan fingerprint density at radius 3 is 2.67 bits per heavy atom. The summed E-state index contributed by atoms with van der Waals surface area (Å²) in [6.07, 6.45) is -3.46. The zero-order chi connectivity index (χ0) is 20.0. The van der Waals surface area contributed by atoms with Crippen molar-refractivity contribution in [2.45, 2.75) is 31.1 Å². The second-order valence-electron chi connectivity index (χ2n) is 5.71. The van der Waals surface area contributed by atoms with Crippen LogP contribution in [0.25, 0.3) is 0 Å². The summed E-state index contributed by atoms with van der Waals surface area (Å²) in [5, 5.41) is 2.45. The molecule has 2 aliphatic heterocycles. The van der Waals surface area contributed by atoms with Gasteiger partial charge in [0.25, 0.3) is 5.91 Å². The molecule has 1 aromatic rings. The van der Waals surface area contributed by atoms with E-state index in [9.17, 15) is 13.9 Å². The Labute approximate surface area is 151 Å². The summed E-state index contributed by atoms with van der Waals surface area (Å²) in [5.41, 5.74) is 5.99. The molecule has 3 heterocycles. The number of aromatic nitrogens is 2. The molecule has 0 spiro atoms. The van der Waals surface area contributed by atoms with Crippen LogP contribution in [0.3, 0.4) is 0 Å². The number of fused-ring (bicyclic) bond motifs is 1. The van der Waals surface area contributed by atoms with Gasteiger partial charge in [0.1, 0.15) is 24.1 Å². The predicted octanol–water partition coefficient (Wildman–Crippen LogP) is -2.10. The summed E-state index contributed by atoms with van der Waals surface area (Å²) in [6.45, 7) is -0.700. The second kappa shape index (κ2) is 7.22. The maximum Gasteiger partial charge on any atom is 0.469 e. The molecule has 1 saturated heterocycles. The van der Waals surface area contributed by atoms with Crippen LogP contribution < -0.4 is 16.0 Å². The number of hydrogen-bond acceptors (Lipinski definition) is 9. The van der Waals surface area contributed by atoms with Crippen LogP contribution >= 0.6 is 15.6 Å². The minimum Gasteiger partial charge on any atom is -0.350 e. The Morgan fingerprint density at radius 1 is 1.33 bits per heavy atom. The van der Waals surface area contributed by atoms with Crippen LogP contribution in [0.4, 0.5) is 5.82 Å². The number of phosphoric acid groups is 2. The smallest absolute Gasteiger partial charge is 0.350 e. The van der Waals surface area contributed by atoms with Crippen LogP contribution in [0, 0.1) is 0 Å². The van der Waals surface area contributed by atoms with Crippen LogP contribution in [0.1, 0.15) is 16.9 Å². The average molecular weight is 429 g/mol. The number of imidazole rings is 1. The van der Waals surface area contributed by atoms with Gasteiger partial charge in [0.05, 0.1) is 12.9 Å². The van der Waals surface area contributed by atoms with Gasteiger partial charge in [-0.05, 0) is 0 Å². The lowest BCUT2D eigenvalue weighted by Crippen LogP contribution is -2.61. The van der Waals surface area contributed by atoms with E-state index >= 15 is 0 Å². The summed E-state index contributed by atoms with van der Waals surface area (Å²) < 4.78 is 36.7. The van der Waals surface area contributed by atoms with Crippen molar-refractivity contribution in [3.63, 3.8) is 0 Å². The van der Waals surface area contributed by atoms with Crippen molar-refractivity contribution in [3.8, 4) is 0 Å². The highest BCUT2D eigenvalue weighted by Crippen LogP contribution is 2.44. The molecule has 0 aromatic carbocycles. The summed E-state index contributed by atoms with van der Waals surface area (Å²) in [5.74, 6) is -0.364. The van der Waals surface area contributed by atoms with Crippen molar-refractivity contribution in [2.75, 3.05) is 11.5 Å². The standard InChI is InChI=1S/C10H17N5O10P2/c11-10-14-9(16)7-8(13-3-12-7)15(10)6-1-4(25-27(20,21)22)5(24-6)2-23-26(17,18)19/h3-6,10H,1-2,11H2,(H,12,13)(H,14,16)(H2,17,18,19)(H2,20,21,22)/t4-,5-,6-,10?/m1/s1. The number of aromatic amines is 1. The van der Waals surface area contributed by atoms with Gasteiger partial charge in [-0.15, -0.1) is 0 Å². The van der Waals surface area contributed by atoms with E-state index in [0.717, 1.165) is 0 Å². The summed E-state index contributed by atoms with van der Waals surface area (Å²) in [6, 6.07) is 0. The molecular weight excluding hydrogens is 412 g/mol. The number of nitrogens with two attached hydrogens (primary N) is 1. The van der Waals surface area contributed by atoms with E-state index in [-0.39, 0.29) is 17.9 Å². The lowest BCUT2D eigenvalue weighted by atomic mass is 10.1. The van der Waals surface area contributed by atoms with Crippen molar-refractivity contribution in [1.29, 1.82) is 0 Å². The Bertz CT molecular complexity index is 806. The number of carbonyl (C=O) groups is 1. The Balaban J connectivity index is 1.82. The molecule has 0 bridgehead atoms. The minimum absolute atomic E-state index is 0.0997. The first kappa shape index (κ1) is 20.4. The predicted molar refractivity (Wildman–Crippen MR) is 84.7 cm³/mol. The Morgan fingerprint density at radius 2 is 2.04 bits per heavy atom. The quantitative estimate of drug-likeness (QED) is 0.241. The van der Waals surface area contributed by atoms with Crippen LogP contribution in [-0.2, 0) is 22.9 Å². The van der Waals surface area contributed by atoms with Crippen LogP contribution in [0.2, 0.25) is 0 Å². The highest BCUT2D eigenvalue weighted by Gasteiger charge is 2.46. The molecule has 1 aromatic heterocycles. The first-order valence-corrected chi connectivity index (χ1v) is 10.5. The Hall–Kier alpha value is -1.38. The first-order chi connectivity index (χ1) is 12.4. The fourth-order valence-corrected chi connectivity index (χ4v) is 3.77. The van der Waals surface area contributed by atoms with E-state index in [1.54, 1.807) is 0 Å². The molecule has 1 fully saturated rings. The van der Waals surface area contributed by atoms with E-state index in [0.29, 0.717) is 0 Å². The van der Waals surface area contributed by atoms with Crippen molar-refractivity contribution in [3.05, 3.63) is 12.0 Å². The molecule has 27 heavy (non-hydrogen) atoms. The molecule has 3 rings (SSSR count). The van der Waals surface area contributed by atoms with Gasteiger partial charge in [-0.25, -0.2) is 14.1 Å². The molecule has 17 heteroatoms. The number of H-pyrrole nitrogens is 1. The van der Waals surface area contributed by atoms with Gasteiger partial charge in [-0.2, -0.15) is 0 Å². The molecule has 15 nitrogen and oxygen atoms in total. The van der Waals surface area contributed by atoms with Gasteiger partial charge in [-0.3, -0.25) is 24.5 Å². The molecule has 0 aliphatic carbocycles. The van der Waals surface area contributed by atoms with E-state index in [1.165, 1.54) is 11.2 Å². The maximum absolute atomic E-state index is 11.9. The molecule has 0 radical (unpaired) electrons. The molecule has 1 amide bonds. The van der Waals surface area contributed by atoms with Gasteiger partial charge in [-0.1, -0.05) is 0 Å². The van der Waals surface area contributed by atoms with Gasteiger partial charge in [0, 0.05) is 6.42 Å². The van der Waals surface area contributed by atoms with E-state index in [2.05, 4.69) is 24.3 Å². The third-order valence-corrected chi connectivity index (χ3v) is 4.87. The van der Waals surface area contributed by atoms with Gasteiger partial charge >= 0.3 is 15.6 Å². The van der Waals surface area contributed by atoms with Crippen molar-refractivity contribution in [1.82, 2.24) is 15.3 Å². The van der Waals surface area contributed by atoms with Gasteiger partial charge < -0.3 is 34.6 Å². The topological polar surface area (TPSA) is 230 Å². The normalized spacial score (nSPS) is 28.9. The van der Waals surface area contributed by atoms with Crippen molar-refractivity contribution >= 4 is 27.4 Å². The fraction of sp³-hybridized carbons (Fsp3) is 0.600. The lowest BCUT2D eigenvalue weighted by Gasteiger charge is -2.37. The summed E-state index contributed by atoms with van der Waals surface area (Å²) in [7, 11) is -9.79. The first-order valence-electron chi connectivity index (χ1n) is 7.42. The highest BCUT2D eigenvalue weighted by atomic mass is 31.2. The van der Waals surface area contributed by atoms with Crippen LogP contribution in [0.15, 0.2) is 6.33 Å². The lowest BCUT2D eigenvalue weighted by molar-refractivity contribution is -0.0243. The third-order valence-electron chi connectivity index (χ3n) is 3.84. The number of ether oxygens (including phenoxy) is 1. The number of carbonyl (C=O) groups excluding carboxylic acids is 1. The summed E-state index contributed by atoms with van der Waals surface area (Å²) in [4.78, 5) is 55.6. The highest BCUT2D eigenvalue weighted by molar-refractivity contribution is 7.46. The second-order valence-corrected chi connectivity index (χ2v) is 8.14. The Kier molecular flexibility index (Phi) is 5.44. The van der Waals surface area contributed by atoms with E-state index in [4.69, 9.17) is 30.0 Å². The number of amides is 1. The molecule has 4 atom stereocenters.